The quantitative estimate of drug-likeness (QED) is 0.695. The first kappa shape index (κ1) is 11.4. The van der Waals surface area contributed by atoms with Gasteiger partial charge in [0.1, 0.15) is 11.6 Å². The van der Waals surface area contributed by atoms with Gasteiger partial charge in [0.05, 0.1) is 16.9 Å². The van der Waals surface area contributed by atoms with Crippen LogP contribution in [0.25, 0.3) is 23.0 Å². The average molecular weight is 262 g/mol. The van der Waals surface area contributed by atoms with Crippen molar-refractivity contribution in [1.82, 2.24) is 15.1 Å². The van der Waals surface area contributed by atoms with Crippen LogP contribution in [0.1, 0.15) is 0 Å². The second-order valence-electron chi connectivity index (χ2n) is 3.86. The largest absolute Gasteiger partial charge is 0.396 e. The lowest BCUT2D eigenvalue weighted by Crippen LogP contribution is -1.94. The molecule has 0 aliphatic carbocycles. The summed E-state index contributed by atoms with van der Waals surface area (Å²) in [6.45, 7) is 0. The molecule has 2 aromatic heterocycles. The normalized spacial score (nSPS) is 10.8. The van der Waals surface area contributed by atoms with Crippen LogP contribution >= 0.6 is 0 Å². The van der Waals surface area contributed by atoms with E-state index in [1.165, 1.54) is 0 Å². The van der Waals surface area contributed by atoms with E-state index in [9.17, 15) is 8.78 Å². The van der Waals surface area contributed by atoms with Crippen molar-refractivity contribution >= 4 is 5.69 Å². The molecule has 1 aromatic carbocycles. The van der Waals surface area contributed by atoms with Crippen molar-refractivity contribution in [2.45, 2.75) is 0 Å². The second-order valence-corrected chi connectivity index (χ2v) is 3.86. The van der Waals surface area contributed by atoms with Gasteiger partial charge in [-0.3, -0.25) is 0 Å². The topological polar surface area (TPSA) is 80.7 Å². The monoisotopic (exact) mass is 262 g/mol. The number of aromatic amines is 1. The fraction of sp³-hybridized carbons (Fsp3) is 0. The molecule has 0 fully saturated rings. The summed E-state index contributed by atoms with van der Waals surface area (Å²) in [4.78, 5) is 6.92. The van der Waals surface area contributed by atoms with E-state index in [0.29, 0.717) is 11.8 Å². The molecule has 3 aromatic rings. The molecule has 0 aliphatic rings. The van der Waals surface area contributed by atoms with Gasteiger partial charge in [-0.25, -0.2) is 8.78 Å². The van der Waals surface area contributed by atoms with Crippen LogP contribution in [0.5, 0.6) is 0 Å². The van der Waals surface area contributed by atoms with Crippen molar-refractivity contribution in [2.75, 3.05) is 5.73 Å². The van der Waals surface area contributed by atoms with Crippen LogP contribution in [0.3, 0.4) is 0 Å². The van der Waals surface area contributed by atoms with Crippen molar-refractivity contribution in [1.29, 1.82) is 0 Å². The number of hydrogen-bond acceptors (Lipinski definition) is 4. The van der Waals surface area contributed by atoms with Gasteiger partial charge >= 0.3 is 0 Å². The molecule has 0 bridgehead atoms. The predicted octanol–water partition coefficient (Wildman–Crippen LogP) is 2.59. The molecule has 0 unspecified atom stereocenters. The van der Waals surface area contributed by atoms with Crippen molar-refractivity contribution < 1.29 is 13.3 Å². The average Bonchev–Trinajstić information content (AvgIpc) is 3.03. The molecule has 0 atom stereocenters. The van der Waals surface area contributed by atoms with Gasteiger partial charge in [0.15, 0.2) is 0 Å². The molecule has 19 heavy (non-hydrogen) atoms. The first-order valence-electron chi connectivity index (χ1n) is 5.37. The molecule has 0 radical (unpaired) electrons. The number of anilines is 1. The van der Waals surface area contributed by atoms with Gasteiger partial charge in [-0.05, 0) is 18.2 Å². The zero-order valence-corrected chi connectivity index (χ0v) is 9.52. The maximum Gasteiger partial charge on any atom is 0.261 e. The highest BCUT2D eigenvalue weighted by atomic mass is 19.1. The minimum Gasteiger partial charge on any atom is -0.396 e. The maximum absolute atomic E-state index is 13.6. The summed E-state index contributed by atoms with van der Waals surface area (Å²) < 4.78 is 31.7. The fourth-order valence-electron chi connectivity index (χ4n) is 1.64. The number of H-pyrrole nitrogens is 1. The summed E-state index contributed by atoms with van der Waals surface area (Å²) in [7, 11) is 0. The van der Waals surface area contributed by atoms with Gasteiger partial charge in [0.2, 0.25) is 5.82 Å². The van der Waals surface area contributed by atoms with Crippen molar-refractivity contribution in [3.8, 4) is 23.0 Å². The lowest BCUT2D eigenvalue weighted by molar-refractivity contribution is 0.429. The number of aromatic nitrogens is 3. The number of nitrogen functional groups attached to an aromatic ring is 1. The number of benzene rings is 1. The summed E-state index contributed by atoms with van der Waals surface area (Å²) in [5.74, 6) is -1.42. The molecule has 0 saturated carbocycles. The molecular formula is C12H8F2N4O. The Morgan fingerprint density at radius 2 is 2.05 bits per heavy atom. The van der Waals surface area contributed by atoms with E-state index in [0.717, 1.165) is 6.07 Å². The Hall–Kier alpha value is -2.70. The molecule has 0 amide bonds. The molecule has 96 valence electrons. The summed E-state index contributed by atoms with van der Waals surface area (Å²) in [6, 6.07) is 5.31. The lowest BCUT2D eigenvalue weighted by atomic mass is 10.2. The third-order valence-electron chi connectivity index (χ3n) is 2.58. The predicted molar refractivity (Wildman–Crippen MR) is 63.8 cm³/mol. The van der Waals surface area contributed by atoms with E-state index in [4.69, 9.17) is 10.3 Å². The van der Waals surface area contributed by atoms with Crippen molar-refractivity contribution in [3.05, 3.63) is 42.1 Å². The Morgan fingerprint density at radius 1 is 1.21 bits per heavy atom. The van der Waals surface area contributed by atoms with E-state index in [1.807, 2.05) is 0 Å². The van der Waals surface area contributed by atoms with Crippen LogP contribution in [-0.4, -0.2) is 15.1 Å². The Bertz CT molecular complexity index is 721. The summed E-state index contributed by atoms with van der Waals surface area (Å²) >= 11 is 0. The number of hydrogen-bond donors (Lipinski definition) is 2. The fourth-order valence-corrected chi connectivity index (χ4v) is 1.64. The molecular weight excluding hydrogens is 254 g/mol. The van der Waals surface area contributed by atoms with Gasteiger partial charge in [-0.1, -0.05) is 5.16 Å². The first-order chi connectivity index (χ1) is 9.15. The Morgan fingerprint density at radius 3 is 2.79 bits per heavy atom. The molecule has 0 spiro atoms. The lowest BCUT2D eigenvalue weighted by Gasteiger charge is -2.00. The van der Waals surface area contributed by atoms with Gasteiger partial charge < -0.3 is 15.2 Å². The molecule has 3 rings (SSSR count). The maximum atomic E-state index is 13.6. The second kappa shape index (κ2) is 4.20. The zero-order chi connectivity index (χ0) is 13.4. The highest BCUT2D eigenvalue weighted by Gasteiger charge is 2.17. The number of rotatable bonds is 2. The number of nitrogens with two attached hydrogens (primary N) is 1. The molecule has 0 aliphatic heterocycles. The molecule has 5 nitrogen and oxygen atoms in total. The van der Waals surface area contributed by atoms with Gasteiger partial charge in [0, 0.05) is 12.3 Å². The van der Waals surface area contributed by atoms with Crippen molar-refractivity contribution in [2.24, 2.45) is 0 Å². The number of nitrogens with zero attached hydrogens (tertiary/aromatic N) is 2. The molecule has 3 N–H and O–H groups in total. The Labute approximate surface area is 106 Å². The van der Waals surface area contributed by atoms with E-state index in [1.54, 1.807) is 18.3 Å². The SMILES string of the molecule is Nc1cc(-c2nc(-c3ccc[nH]3)no2)c(F)cc1F. The van der Waals surface area contributed by atoms with Gasteiger partial charge in [-0.2, -0.15) is 4.98 Å². The standard InChI is InChI=1S/C12H8F2N4O/c13-7-5-8(14)9(15)4-6(7)12-17-11(18-19-12)10-2-1-3-16-10/h1-5,16H,15H2. The van der Waals surface area contributed by atoms with Gasteiger partial charge in [-0.15, -0.1) is 0 Å². The van der Waals surface area contributed by atoms with Crippen LogP contribution < -0.4 is 5.73 Å². The molecule has 0 saturated heterocycles. The summed E-state index contributed by atoms with van der Waals surface area (Å²) in [6.07, 6.45) is 1.70. The number of halogens is 2. The van der Waals surface area contributed by atoms with Crippen LogP contribution in [0.15, 0.2) is 35.0 Å². The van der Waals surface area contributed by atoms with Crippen LogP contribution in [0.2, 0.25) is 0 Å². The minimum absolute atomic E-state index is 0.0378. The smallest absolute Gasteiger partial charge is 0.261 e. The van der Waals surface area contributed by atoms with E-state index < -0.39 is 11.6 Å². The number of nitrogens with one attached hydrogen (secondary N) is 1. The minimum atomic E-state index is -0.828. The van der Waals surface area contributed by atoms with Crippen molar-refractivity contribution in [3.63, 3.8) is 0 Å². The molecule has 7 heteroatoms. The van der Waals surface area contributed by atoms with E-state index in [2.05, 4.69) is 15.1 Å². The highest BCUT2D eigenvalue weighted by Crippen LogP contribution is 2.27. The van der Waals surface area contributed by atoms with Crippen LogP contribution in [0.4, 0.5) is 14.5 Å². The third kappa shape index (κ3) is 1.95. The van der Waals surface area contributed by atoms with Gasteiger partial charge in [0.25, 0.3) is 5.89 Å². The third-order valence-corrected chi connectivity index (χ3v) is 2.58. The first-order valence-corrected chi connectivity index (χ1v) is 5.37. The van der Waals surface area contributed by atoms with Crippen LogP contribution in [-0.2, 0) is 0 Å². The highest BCUT2D eigenvalue weighted by molar-refractivity contribution is 5.63. The molecule has 2 heterocycles. The summed E-state index contributed by atoms with van der Waals surface area (Å²) in [5, 5.41) is 3.71. The Kier molecular flexibility index (Phi) is 2.52. The Balaban J connectivity index is 2.06. The van der Waals surface area contributed by atoms with E-state index in [-0.39, 0.29) is 23.0 Å². The zero-order valence-electron chi connectivity index (χ0n) is 9.52. The van der Waals surface area contributed by atoms with Crippen LogP contribution in [0, 0.1) is 11.6 Å². The van der Waals surface area contributed by atoms with E-state index >= 15 is 0 Å². The summed E-state index contributed by atoms with van der Waals surface area (Å²) in [5.41, 5.74) is 5.80.